The summed E-state index contributed by atoms with van der Waals surface area (Å²) in [5, 5.41) is 0. The van der Waals surface area contributed by atoms with Crippen LogP contribution in [-0.2, 0) is 6.42 Å². The van der Waals surface area contributed by atoms with Gasteiger partial charge in [-0.05, 0) is 47.3 Å². The number of aldehydes is 1. The molecule has 0 radical (unpaired) electrons. The van der Waals surface area contributed by atoms with Gasteiger partial charge in [0.2, 0.25) is 0 Å². The topological polar surface area (TPSA) is 30.0 Å². The Balaban J connectivity index is 2.09. The second-order valence-corrected chi connectivity index (χ2v) is 5.44. The molecule has 1 aromatic rings. The van der Waals surface area contributed by atoms with Gasteiger partial charge >= 0.3 is 0 Å². The molecule has 1 aromatic heterocycles. The predicted octanol–water partition coefficient (Wildman–Crippen LogP) is 2.58. The van der Waals surface area contributed by atoms with Gasteiger partial charge in [-0.3, -0.25) is 9.78 Å². The minimum absolute atomic E-state index is 0.442. The first-order valence-electron chi connectivity index (χ1n) is 5.57. The Kier molecular flexibility index (Phi) is 1.63. The molecule has 0 unspecified atom stereocenters. The second-order valence-electron chi connectivity index (χ2n) is 5.44. The predicted molar refractivity (Wildman–Crippen MR) is 58.0 cm³/mol. The highest BCUT2D eigenvalue weighted by Crippen LogP contribution is 2.61. The first kappa shape index (κ1) is 9.08. The molecule has 2 bridgehead atoms. The average molecular weight is 201 g/mol. The highest BCUT2D eigenvalue weighted by molar-refractivity contribution is 5.72. The van der Waals surface area contributed by atoms with Crippen molar-refractivity contribution in [2.45, 2.75) is 32.6 Å². The molecule has 2 nitrogen and oxygen atoms in total. The van der Waals surface area contributed by atoms with Crippen LogP contribution in [0.2, 0.25) is 0 Å². The molecule has 2 atom stereocenters. The fraction of sp³-hybridized carbons (Fsp3) is 0.538. The number of hydrogen-bond acceptors (Lipinski definition) is 2. The van der Waals surface area contributed by atoms with Crippen LogP contribution in [0.25, 0.3) is 0 Å². The van der Waals surface area contributed by atoms with Crippen LogP contribution >= 0.6 is 0 Å². The number of rotatable bonds is 1. The zero-order valence-electron chi connectivity index (χ0n) is 9.16. The maximum Gasteiger partial charge on any atom is 0.168 e. The molecule has 3 aliphatic rings. The van der Waals surface area contributed by atoms with E-state index < -0.39 is 0 Å². The highest BCUT2D eigenvalue weighted by atomic mass is 16.1. The van der Waals surface area contributed by atoms with Crippen LogP contribution in [0.4, 0.5) is 0 Å². The summed E-state index contributed by atoms with van der Waals surface area (Å²) in [5.74, 6) is 1.47. The van der Waals surface area contributed by atoms with Crippen molar-refractivity contribution in [2.24, 2.45) is 11.3 Å². The summed E-state index contributed by atoms with van der Waals surface area (Å²) >= 11 is 0. The van der Waals surface area contributed by atoms with E-state index in [4.69, 9.17) is 0 Å². The third-order valence-electron chi connectivity index (χ3n) is 4.48. The van der Waals surface area contributed by atoms with Gasteiger partial charge in [-0.1, -0.05) is 13.8 Å². The molecule has 78 valence electrons. The molecule has 0 aliphatic heterocycles. The summed E-state index contributed by atoms with van der Waals surface area (Å²) < 4.78 is 0. The number of carbonyl (C=O) groups is 1. The largest absolute Gasteiger partial charge is 0.296 e. The lowest BCUT2D eigenvalue weighted by Crippen LogP contribution is -2.48. The summed E-state index contributed by atoms with van der Waals surface area (Å²) in [5.41, 5.74) is 3.76. The van der Waals surface area contributed by atoms with Crippen molar-refractivity contribution < 1.29 is 4.79 Å². The zero-order chi connectivity index (χ0) is 10.6. The van der Waals surface area contributed by atoms with Gasteiger partial charge in [-0.15, -0.1) is 0 Å². The van der Waals surface area contributed by atoms with E-state index in [9.17, 15) is 4.79 Å². The first-order chi connectivity index (χ1) is 7.13. The monoisotopic (exact) mass is 201 g/mol. The average Bonchev–Trinajstić information content (AvgIpc) is 2.27. The molecule has 2 heteroatoms. The van der Waals surface area contributed by atoms with Gasteiger partial charge in [0.15, 0.2) is 6.29 Å². The van der Waals surface area contributed by atoms with E-state index >= 15 is 0 Å². The van der Waals surface area contributed by atoms with Crippen molar-refractivity contribution in [2.75, 3.05) is 0 Å². The molecule has 1 saturated carbocycles. The zero-order valence-corrected chi connectivity index (χ0v) is 9.16. The van der Waals surface area contributed by atoms with Crippen LogP contribution in [0.1, 0.15) is 47.8 Å². The van der Waals surface area contributed by atoms with Crippen molar-refractivity contribution in [1.29, 1.82) is 0 Å². The molecule has 3 aliphatic carbocycles. The summed E-state index contributed by atoms with van der Waals surface area (Å²) in [6.45, 7) is 4.70. The fourth-order valence-corrected chi connectivity index (χ4v) is 3.24. The van der Waals surface area contributed by atoms with Crippen LogP contribution in [0.5, 0.6) is 0 Å². The van der Waals surface area contributed by atoms with Crippen molar-refractivity contribution in [3.05, 3.63) is 29.1 Å². The van der Waals surface area contributed by atoms with E-state index in [1.54, 1.807) is 0 Å². The normalized spacial score (nSPS) is 30.3. The Morgan fingerprint density at radius 2 is 2.33 bits per heavy atom. The minimum Gasteiger partial charge on any atom is -0.296 e. The van der Waals surface area contributed by atoms with Crippen LogP contribution < -0.4 is 0 Å². The lowest BCUT2D eigenvalue weighted by molar-refractivity contribution is 0.0182. The van der Waals surface area contributed by atoms with Crippen LogP contribution in [0, 0.1) is 11.3 Å². The van der Waals surface area contributed by atoms with Crippen molar-refractivity contribution in [3.63, 3.8) is 0 Å². The van der Waals surface area contributed by atoms with E-state index in [0.29, 0.717) is 17.0 Å². The SMILES string of the molecule is CC1(C)[C@@H]2Cc3cc(C=O)ncc3[C@H]1C2. The third kappa shape index (κ3) is 1.05. The van der Waals surface area contributed by atoms with E-state index in [1.165, 1.54) is 17.5 Å². The molecular weight excluding hydrogens is 186 g/mol. The standard InChI is InChI=1S/C13H15NO/c1-13(2)9-3-8-4-10(7-15)14-6-11(8)12(13)5-9/h4,6-7,9,12H,3,5H2,1-2H3/t9-,12-/m1/s1. The van der Waals surface area contributed by atoms with E-state index in [1.807, 2.05) is 12.3 Å². The fourth-order valence-electron chi connectivity index (χ4n) is 3.24. The lowest BCUT2D eigenvalue weighted by atomic mass is 9.48. The molecule has 15 heavy (non-hydrogen) atoms. The van der Waals surface area contributed by atoms with Crippen molar-refractivity contribution in [1.82, 2.24) is 4.98 Å². The number of carbonyl (C=O) groups excluding carboxylic acids is 1. The summed E-state index contributed by atoms with van der Waals surface area (Å²) in [4.78, 5) is 14.8. The van der Waals surface area contributed by atoms with E-state index in [-0.39, 0.29) is 0 Å². The van der Waals surface area contributed by atoms with Crippen molar-refractivity contribution in [3.8, 4) is 0 Å². The molecule has 0 saturated heterocycles. The first-order valence-corrected chi connectivity index (χ1v) is 5.57. The summed E-state index contributed by atoms with van der Waals surface area (Å²) in [7, 11) is 0. The van der Waals surface area contributed by atoms with Gasteiger partial charge in [0.25, 0.3) is 0 Å². The third-order valence-corrected chi connectivity index (χ3v) is 4.48. The van der Waals surface area contributed by atoms with Crippen LogP contribution in [-0.4, -0.2) is 11.3 Å². The Labute approximate surface area is 89.7 Å². The van der Waals surface area contributed by atoms with E-state index in [0.717, 1.165) is 18.6 Å². The number of aromatic nitrogens is 1. The van der Waals surface area contributed by atoms with E-state index in [2.05, 4.69) is 18.8 Å². The molecule has 0 N–H and O–H groups in total. The van der Waals surface area contributed by atoms with Gasteiger partial charge in [-0.2, -0.15) is 0 Å². The number of pyridine rings is 1. The second kappa shape index (κ2) is 2.69. The van der Waals surface area contributed by atoms with Crippen LogP contribution in [0.15, 0.2) is 12.3 Å². The van der Waals surface area contributed by atoms with Gasteiger partial charge in [-0.25, -0.2) is 0 Å². The Bertz CT molecular complexity index is 436. The molecule has 1 heterocycles. The van der Waals surface area contributed by atoms with Gasteiger partial charge < -0.3 is 0 Å². The molecule has 0 aromatic carbocycles. The highest BCUT2D eigenvalue weighted by Gasteiger charge is 2.52. The molecule has 4 rings (SSSR count). The quantitative estimate of drug-likeness (QED) is 0.654. The summed E-state index contributed by atoms with van der Waals surface area (Å²) in [6.07, 6.45) is 5.19. The van der Waals surface area contributed by atoms with Gasteiger partial charge in [0.1, 0.15) is 5.69 Å². The molecule has 0 amide bonds. The lowest BCUT2D eigenvalue weighted by Gasteiger charge is -2.57. The number of hydrogen-bond donors (Lipinski definition) is 0. The summed E-state index contributed by atoms with van der Waals surface area (Å²) in [6, 6.07) is 1.97. The Morgan fingerprint density at radius 1 is 1.53 bits per heavy atom. The minimum atomic E-state index is 0.442. The molecule has 0 spiro atoms. The van der Waals surface area contributed by atoms with Gasteiger partial charge in [0.05, 0.1) is 0 Å². The van der Waals surface area contributed by atoms with Gasteiger partial charge in [0, 0.05) is 6.20 Å². The maximum atomic E-state index is 10.6. The Hall–Kier alpha value is -1.18. The smallest absolute Gasteiger partial charge is 0.168 e. The number of nitrogens with zero attached hydrogens (tertiary/aromatic N) is 1. The molecule has 1 fully saturated rings. The van der Waals surface area contributed by atoms with Crippen LogP contribution in [0.3, 0.4) is 0 Å². The maximum absolute atomic E-state index is 10.6. The van der Waals surface area contributed by atoms with Crippen molar-refractivity contribution >= 4 is 6.29 Å². The molecular formula is C13H15NO. The Morgan fingerprint density at radius 3 is 3.00 bits per heavy atom.